The maximum absolute atomic E-state index is 11.0. The smallest absolute Gasteiger partial charge is 0.267 e. The molecular weight excluding hydrogens is 330 g/mol. The lowest BCUT2D eigenvalue weighted by atomic mass is 10.1. The van der Waals surface area contributed by atoms with Gasteiger partial charge in [-0.2, -0.15) is 0 Å². The van der Waals surface area contributed by atoms with Gasteiger partial charge in [-0.25, -0.2) is 15.4 Å². The fraction of sp³-hybridized carbons (Fsp3) is 0.211. The van der Waals surface area contributed by atoms with Crippen LogP contribution in [-0.4, -0.2) is 32.6 Å². The Morgan fingerprint density at radius 3 is 2.88 bits per heavy atom. The number of benzene rings is 1. The molecule has 134 valence electrons. The van der Waals surface area contributed by atoms with Gasteiger partial charge in [0.05, 0.1) is 0 Å². The molecule has 0 saturated heterocycles. The van der Waals surface area contributed by atoms with Gasteiger partial charge in [0, 0.05) is 29.9 Å². The molecular formula is C19H21N5O2. The lowest BCUT2D eigenvalue weighted by Gasteiger charge is -2.06. The van der Waals surface area contributed by atoms with Crippen LogP contribution in [0.25, 0.3) is 17.1 Å². The highest BCUT2D eigenvalue weighted by atomic mass is 16.5. The molecule has 1 amide bonds. The van der Waals surface area contributed by atoms with Crippen molar-refractivity contribution in [2.45, 2.75) is 19.9 Å². The van der Waals surface area contributed by atoms with Crippen LogP contribution in [-0.2, 0) is 17.8 Å². The topological polar surface area (TPSA) is 103 Å². The zero-order valence-electron chi connectivity index (χ0n) is 14.5. The van der Waals surface area contributed by atoms with Gasteiger partial charge in [0.15, 0.2) is 0 Å². The van der Waals surface area contributed by atoms with E-state index in [9.17, 15) is 4.79 Å². The van der Waals surface area contributed by atoms with E-state index in [4.69, 9.17) is 5.21 Å². The summed E-state index contributed by atoms with van der Waals surface area (Å²) in [7, 11) is 0. The zero-order valence-corrected chi connectivity index (χ0v) is 14.5. The van der Waals surface area contributed by atoms with E-state index in [0.717, 1.165) is 47.4 Å². The highest BCUT2D eigenvalue weighted by molar-refractivity contribution is 5.90. The van der Waals surface area contributed by atoms with E-state index in [1.54, 1.807) is 17.9 Å². The largest absolute Gasteiger partial charge is 0.343 e. The summed E-state index contributed by atoms with van der Waals surface area (Å²) in [5, 5.41) is 13.0. The minimum atomic E-state index is -0.547. The monoisotopic (exact) mass is 351 g/mol. The van der Waals surface area contributed by atoms with Crippen LogP contribution < -0.4 is 10.8 Å². The van der Waals surface area contributed by atoms with Crippen LogP contribution in [0.5, 0.6) is 0 Å². The Balaban J connectivity index is 1.51. The van der Waals surface area contributed by atoms with E-state index in [1.165, 1.54) is 11.6 Å². The number of nitrogens with zero attached hydrogens (tertiary/aromatic N) is 2. The van der Waals surface area contributed by atoms with Gasteiger partial charge in [-0.3, -0.25) is 10.0 Å². The summed E-state index contributed by atoms with van der Waals surface area (Å²) in [5.74, 6) is -0.547. The number of hydrogen-bond donors (Lipinski definition) is 4. The minimum absolute atomic E-state index is 0.547. The number of H-pyrrole nitrogens is 1. The van der Waals surface area contributed by atoms with Crippen LogP contribution in [0.4, 0.5) is 0 Å². The molecule has 7 nitrogen and oxygen atoms in total. The Hall–Kier alpha value is -3.03. The van der Waals surface area contributed by atoms with Gasteiger partial charge in [-0.05, 0) is 42.7 Å². The van der Waals surface area contributed by atoms with Crippen LogP contribution in [0.15, 0.2) is 42.9 Å². The van der Waals surface area contributed by atoms with E-state index in [2.05, 4.69) is 27.2 Å². The third kappa shape index (κ3) is 4.33. The third-order valence-electron chi connectivity index (χ3n) is 4.19. The first kappa shape index (κ1) is 17.8. The number of nitrogens with one attached hydrogen (secondary N) is 3. The zero-order chi connectivity index (χ0) is 18.4. The number of carbonyl (C=O) groups excluding carboxylic acids is 1. The Kier molecular flexibility index (Phi) is 5.73. The number of amides is 1. The van der Waals surface area contributed by atoms with Gasteiger partial charge in [-0.1, -0.05) is 24.3 Å². The average molecular weight is 351 g/mol. The van der Waals surface area contributed by atoms with Crippen molar-refractivity contribution < 1.29 is 10.0 Å². The summed E-state index contributed by atoms with van der Waals surface area (Å²) in [5.41, 5.74) is 6.87. The van der Waals surface area contributed by atoms with Crippen molar-refractivity contribution in [2.75, 3.05) is 6.54 Å². The predicted molar refractivity (Wildman–Crippen MR) is 99.4 cm³/mol. The van der Waals surface area contributed by atoms with Crippen LogP contribution in [0, 0.1) is 6.92 Å². The second-order valence-electron chi connectivity index (χ2n) is 5.99. The Bertz CT molecular complexity index is 915. The van der Waals surface area contributed by atoms with Gasteiger partial charge in [0.1, 0.15) is 12.0 Å². The number of aromatic nitrogens is 3. The highest BCUT2D eigenvalue weighted by Crippen LogP contribution is 2.19. The molecule has 0 fully saturated rings. The number of fused-ring (bicyclic) bond motifs is 1. The van der Waals surface area contributed by atoms with Crippen molar-refractivity contribution in [3.05, 3.63) is 65.2 Å². The van der Waals surface area contributed by atoms with Gasteiger partial charge in [0.2, 0.25) is 0 Å². The van der Waals surface area contributed by atoms with Gasteiger partial charge in [0.25, 0.3) is 5.91 Å². The molecule has 0 aliphatic heterocycles. The molecule has 0 unspecified atom stereocenters. The standard InChI is InChI=1S/C19H21N5O2/c1-13-16(17-11-21-12-22-19(17)23-13)8-9-20-10-15-4-2-14(3-5-15)6-7-18(25)24-26/h2-7,11-12,20,26H,8-10H2,1H3,(H,24,25)(H,21,22,23)/b7-6+. The van der Waals surface area contributed by atoms with Crippen molar-refractivity contribution in [3.63, 3.8) is 0 Å². The normalized spacial score (nSPS) is 11.3. The number of carbonyl (C=O) groups is 1. The first-order valence-electron chi connectivity index (χ1n) is 8.36. The fourth-order valence-corrected chi connectivity index (χ4v) is 2.83. The minimum Gasteiger partial charge on any atom is -0.343 e. The molecule has 1 aromatic carbocycles. The average Bonchev–Trinajstić information content (AvgIpc) is 2.99. The number of aryl methyl sites for hydroxylation is 1. The predicted octanol–water partition coefficient (Wildman–Crippen LogP) is 2.12. The summed E-state index contributed by atoms with van der Waals surface area (Å²) in [6.07, 6.45) is 7.22. The molecule has 3 aromatic rings. The first-order valence-corrected chi connectivity index (χ1v) is 8.36. The summed E-state index contributed by atoms with van der Waals surface area (Å²) in [4.78, 5) is 22.6. The maximum Gasteiger partial charge on any atom is 0.267 e. The second kappa shape index (κ2) is 8.37. The van der Waals surface area contributed by atoms with Crippen LogP contribution in [0.1, 0.15) is 22.4 Å². The van der Waals surface area contributed by atoms with E-state index in [1.807, 2.05) is 30.5 Å². The maximum atomic E-state index is 11.0. The number of rotatable bonds is 7. The highest BCUT2D eigenvalue weighted by Gasteiger charge is 2.08. The van der Waals surface area contributed by atoms with E-state index >= 15 is 0 Å². The molecule has 0 aliphatic carbocycles. The lowest BCUT2D eigenvalue weighted by Crippen LogP contribution is -2.16. The van der Waals surface area contributed by atoms with Crippen molar-refractivity contribution in [3.8, 4) is 0 Å². The molecule has 2 aromatic heterocycles. The van der Waals surface area contributed by atoms with Crippen molar-refractivity contribution in [1.82, 2.24) is 25.7 Å². The quantitative estimate of drug-likeness (QED) is 0.226. The van der Waals surface area contributed by atoms with E-state index in [-0.39, 0.29) is 0 Å². The van der Waals surface area contributed by atoms with Gasteiger partial charge in [-0.15, -0.1) is 0 Å². The first-order chi connectivity index (χ1) is 12.7. The third-order valence-corrected chi connectivity index (χ3v) is 4.19. The Labute approximate surface area is 151 Å². The Morgan fingerprint density at radius 2 is 2.12 bits per heavy atom. The fourth-order valence-electron chi connectivity index (χ4n) is 2.83. The van der Waals surface area contributed by atoms with Crippen molar-refractivity contribution in [2.24, 2.45) is 0 Å². The summed E-state index contributed by atoms with van der Waals surface area (Å²) in [6.45, 7) is 3.67. The SMILES string of the molecule is Cc1[nH]c2ncncc2c1CCNCc1ccc(/C=C/C(=O)NO)cc1. The molecule has 3 rings (SSSR count). The number of aromatic amines is 1. The van der Waals surface area contributed by atoms with E-state index in [0.29, 0.717) is 0 Å². The molecule has 26 heavy (non-hydrogen) atoms. The summed E-state index contributed by atoms with van der Waals surface area (Å²) in [6, 6.07) is 7.88. The molecule has 4 N–H and O–H groups in total. The molecule has 0 aliphatic rings. The van der Waals surface area contributed by atoms with Crippen molar-refractivity contribution in [1.29, 1.82) is 0 Å². The van der Waals surface area contributed by atoms with Gasteiger partial charge >= 0.3 is 0 Å². The van der Waals surface area contributed by atoms with Gasteiger partial charge < -0.3 is 10.3 Å². The van der Waals surface area contributed by atoms with Crippen LogP contribution in [0.2, 0.25) is 0 Å². The number of hydroxylamine groups is 1. The molecule has 0 bridgehead atoms. The van der Waals surface area contributed by atoms with Crippen LogP contribution in [0.3, 0.4) is 0 Å². The molecule has 0 spiro atoms. The number of hydrogen-bond acceptors (Lipinski definition) is 5. The summed E-state index contributed by atoms with van der Waals surface area (Å²) < 4.78 is 0. The lowest BCUT2D eigenvalue weighted by molar-refractivity contribution is -0.124. The molecule has 0 atom stereocenters. The van der Waals surface area contributed by atoms with Crippen LogP contribution >= 0.6 is 0 Å². The molecule has 7 heteroatoms. The Morgan fingerprint density at radius 1 is 1.31 bits per heavy atom. The molecule has 0 radical (unpaired) electrons. The van der Waals surface area contributed by atoms with Crippen molar-refractivity contribution >= 4 is 23.0 Å². The summed E-state index contributed by atoms with van der Waals surface area (Å²) >= 11 is 0. The van der Waals surface area contributed by atoms with E-state index < -0.39 is 5.91 Å². The second-order valence-corrected chi connectivity index (χ2v) is 5.99. The molecule has 2 heterocycles. The molecule has 0 saturated carbocycles.